The van der Waals surface area contributed by atoms with E-state index in [-0.39, 0.29) is 12.3 Å². The first kappa shape index (κ1) is 14.4. The van der Waals surface area contributed by atoms with E-state index in [0.29, 0.717) is 5.69 Å². The number of benzene rings is 1. The molecule has 9 heteroatoms. The maximum absolute atomic E-state index is 11.0. The summed E-state index contributed by atoms with van der Waals surface area (Å²) in [5, 5.41) is 10.4. The van der Waals surface area contributed by atoms with Gasteiger partial charge in [-0.15, -0.1) is 0 Å². The first-order chi connectivity index (χ1) is 9.04. The van der Waals surface area contributed by atoms with Crippen LogP contribution in [0.1, 0.15) is 6.92 Å². The molecule has 0 saturated carbocycles. The summed E-state index contributed by atoms with van der Waals surface area (Å²) >= 11 is 0. The van der Waals surface area contributed by atoms with Crippen molar-refractivity contribution in [3.05, 3.63) is 34.4 Å². The molecule has 1 rings (SSSR count). The molecule has 0 bridgehead atoms. The van der Waals surface area contributed by atoms with Gasteiger partial charge in [0.25, 0.3) is 5.69 Å². The maximum Gasteiger partial charge on any atom is 0.437 e. The average molecular weight is 269 g/mol. The third-order valence-corrected chi connectivity index (χ3v) is 1.86. The molecule has 0 fully saturated rings. The summed E-state index contributed by atoms with van der Waals surface area (Å²) in [5.41, 5.74) is 4.76. The quantitative estimate of drug-likeness (QED) is 0.344. The second kappa shape index (κ2) is 6.91. The Morgan fingerprint density at radius 1 is 1.26 bits per heavy atom. The third kappa shape index (κ3) is 4.60. The van der Waals surface area contributed by atoms with Gasteiger partial charge in [0.1, 0.15) is 0 Å². The van der Waals surface area contributed by atoms with Gasteiger partial charge in [0, 0.05) is 12.1 Å². The van der Waals surface area contributed by atoms with Gasteiger partial charge in [0.2, 0.25) is 0 Å². The number of non-ortho nitro benzene ring substituents is 1. The largest absolute Gasteiger partial charge is 0.458 e. The van der Waals surface area contributed by atoms with Gasteiger partial charge < -0.3 is 9.57 Å². The lowest BCUT2D eigenvalue weighted by molar-refractivity contribution is -0.384. The Bertz CT molecular complexity index is 473. The second-order valence-corrected chi connectivity index (χ2v) is 3.14. The zero-order valence-corrected chi connectivity index (χ0v) is 9.91. The lowest BCUT2D eigenvalue weighted by Crippen LogP contribution is -2.31. The van der Waals surface area contributed by atoms with Crippen LogP contribution >= 0.6 is 0 Å². The van der Waals surface area contributed by atoms with Crippen LogP contribution in [-0.4, -0.2) is 23.5 Å². The highest BCUT2D eigenvalue weighted by Crippen LogP contribution is 2.14. The lowest BCUT2D eigenvalue weighted by Gasteiger charge is -2.07. The Morgan fingerprint density at radius 3 is 2.42 bits per heavy atom. The molecule has 0 aliphatic heterocycles. The number of nitrogens with zero attached hydrogens (tertiary/aromatic N) is 1. The number of hydrogen-bond acceptors (Lipinski definition) is 8. The van der Waals surface area contributed by atoms with E-state index in [0.717, 1.165) is 0 Å². The molecule has 1 aromatic rings. The maximum atomic E-state index is 11.0. The molecule has 19 heavy (non-hydrogen) atoms. The fourth-order valence-corrected chi connectivity index (χ4v) is 1.03. The topological polar surface area (TPSA) is 120 Å². The predicted octanol–water partition coefficient (Wildman–Crippen LogP) is 0.533. The summed E-state index contributed by atoms with van der Waals surface area (Å²) in [6.07, 6.45) is 0. The molecule has 0 aliphatic rings. The summed E-state index contributed by atoms with van der Waals surface area (Å²) in [4.78, 5) is 36.0. The van der Waals surface area contributed by atoms with Gasteiger partial charge in [0.15, 0.2) is 0 Å². The highest BCUT2D eigenvalue weighted by molar-refractivity contribution is 6.29. The van der Waals surface area contributed by atoms with E-state index >= 15 is 0 Å². The molecule has 0 aliphatic carbocycles. The minimum absolute atomic E-state index is 0.0592. The molecule has 0 unspecified atom stereocenters. The van der Waals surface area contributed by atoms with Crippen LogP contribution in [0.3, 0.4) is 0 Å². The van der Waals surface area contributed by atoms with Gasteiger partial charge in [-0.3, -0.25) is 15.5 Å². The van der Waals surface area contributed by atoms with Crippen LogP contribution in [0, 0.1) is 10.1 Å². The second-order valence-electron chi connectivity index (χ2n) is 3.14. The van der Waals surface area contributed by atoms with Crippen molar-refractivity contribution in [3.8, 4) is 0 Å². The average Bonchev–Trinajstić information content (AvgIpc) is 2.39. The number of ether oxygens (including phenoxy) is 1. The van der Waals surface area contributed by atoms with Crippen LogP contribution in [0.4, 0.5) is 11.4 Å². The van der Waals surface area contributed by atoms with Crippen molar-refractivity contribution in [1.29, 1.82) is 0 Å². The highest BCUT2D eigenvalue weighted by atomic mass is 16.7. The number of nitrogens with one attached hydrogen (secondary N) is 2. The predicted molar refractivity (Wildman–Crippen MR) is 62.6 cm³/mol. The zero-order valence-electron chi connectivity index (χ0n) is 9.91. The molecule has 9 nitrogen and oxygen atoms in total. The van der Waals surface area contributed by atoms with E-state index in [1.165, 1.54) is 24.3 Å². The molecule has 0 saturated heterocycles. The van der Waals surface area contributed by atoms with Crippen LogP contribution in [0.25, 0.3) is 0 Å². The first-order valence-corrected chi connectivity index (χ1v) is 5.18. The molecule has 0 amide bonds. The van der Waals surface area contributed by atoms with Crippen LogP contribution in [-0.2, 0) is 19.2 Å². The van der Waals surface area contributed by atoms with E-state index in [9.17, 15) is 19.7 Å². The number of nitro groups is 1. The summed E-state index contributed by atoms with van der Waals surface area (Å²) in [6, 6.07) is 5.31. The number of hydrazine groups is 1. The number of rotatable bonds is 5. The van der Waals surface area contributed by atoms with Crippen LogP contribution in [0.15, 0.2) is 24.3 Å². The van der Waals surface area contributed by atoms with Gasteiger partial charge >= 0.3 is 11.9 Å². The molecule has 0 heterocycles. The van der Waals surface area contributed by atoms with E-state index in [1.54, 1.807) is 6.92 Å². The van der Waals surface area contributed by atoms with E-state index in [1.807, 2.05) is 5.59 Å². The normalized spacial score (nSPS) is 9.53. The molecular weight excluding hydrogens is 258 g/mol. The molecule has 0 spiro atoms. The van der Waals surface area contributed by atoms with Crippen molar-refractivity contribution in [3.63, 3.8) is 0 Å². The fraction of sp³-hybridized carbons (Fsp3) is 0.200. The molecule has 0 radical (unpaired) electrons. The van der Waals surface area contributed by atoms with Crippen molar-refractivity contribution in [1.82, 2.24) is 5.59 Å². The summed E-state index contributed by atoms with van der Waals surface area (Å²) in [6.45, 7) is 1.61. The summed E-state index contributed by atoms with van der Waals surface area (Å²) in [7, 11) is 0. The fourth-order valence-electron chi connectivity index (χ4n) is 1.03. The number of anilines is 1. The van der Waals surface area contributed by atoms with E-state index in [4.69, 9.17) is 0 Å². The van der Waals surface area contributed by atoms with E-state index < -0.39 is 16.9 Å². The van der Waals surface area contributed by atoms with Gasteiger partial charge in [-0.2, -0.15) is 0 Å². The smallest absolute Gasteiger partial charge is 0.437 e. The Hall–Kier alpha value is -2.68. The van der Waals surface area contributed by atoms with Crippen molar-refractivity contribution < 1.29 is 24.1 Å². The number of carbonyl (C=O) groups excluding carboxylic acids is 2. The van der Waals surface area contributed by atoms with Gasteiger partial charge in [-0.25, -0.2) is 9.59 Å². The highest BCUT2D eigenvalue weighted by Gasteiger charge is 2.16. The Labute approximate surface area is 107 Å². The Kier molecular flexibility index (Phi) is 5.23. The van der Waals surface area contributed by atoms with Crippen LogP contribution in [0.2, 0.25) is 0 Å². The van der Waals surface area contributed by atoms with Crippen molar-refractivity contribution in [2.75, 3.05) is 12.0 Å². The Morgan fingerprint density at radius 2 is 1.89 bits per heavy atom. The molecule has 2 N–H and O–H groups in total. The standard InChI is InChI=1S/C10H11N3O6/c1-2-18-9(14)10(15)19-12-11-7-3-5-8(6-4-7)13(16)17/h3-6,11-12H,2H2,1H3. The third-order valence-electron chi connectivity index (χ3n) is 1.86. The van der Waals surface area contributed by atoms with Gasteiger partial charge in [-0.05, 0) is 19.1 Å². The summed E-state index contributed by atoms with van der Waals surface area (Å²) in [5.74, 6) is -2.34. The minimum atomic E-state index is -1.21. The summed E-state index contributed by atoms with van der Waals surface area (Å²) < 4.78 is 4.39. The number of hydrogen-bond donors (Lipinski definition) is 2. The molecule has 1 aromatic carbocycles. The van der Waals surface area contributed by atoms with Crippen molar-refractivity contribution >= 4 is 23.3 Å². The SMILES string of the molecule is CCOC(=O)C(=O)ONNc1ccc([N+](=O)[O-])cc1. The number of esters is 1. The molecule has 102 valence electrons. The van der Waals surface area contributed by atoms with Crippen molar-refractivity contribution in [2.24, 2.45) is 0 Å². The Balaban J connectivity index is 2.39. The van der Waals surface area contributed by atoms with Gasteiger partial charge in [0.05, 0.1) is 17.2 Å². The van der Waals surface area contributed by atoms with E-state index in [2.05, 4.69) is 15.0 Å². The van der Waals surface area contributed by atoms with Crippen LogP contribution in [0.5, 0.6) is 0 Å². The first-order valence-electron chi connectivity index (χ1n) is 5.18. The molecule has 0 atom stereocenters. The monoisotopic (exact) mass is 269 g/mol. The zero-order chi connectivity index (χ0) is 14.3. The molecule has 0 aromatic heterocycles. The minimum Gasteiger partial charge on any atom is -0.458 e. The number of carbonyl (C=O) groups is 2. The molecular formula is C10H11N3O6. The van der Waals surface area contributed by atoms with Crippen molar-refractivity contribution in [2.45, 2.75) is 6.92 Å². The van der Waals surface area contributed by atoms with Gasteiger partial charge in [-0.1, -0.05) is 5.59 Å². The number of nitro benzene ring substituents is 1. The van der Waals surface area contributed by atoms with Crippen LogP contribution < -0.4 is 11.0 Å². The lowest BCUT2D eigenvalue weighted by atomic mass is 10.3.